The van der Waals surface area contributed by atoms with Crippen molar-refractivity contribution in [3.05, 3.63) is 119 Å². The van der Waals surface area contributed by atoms with Gasteiger partial charge in [-0.3, -0.25) is 0 Å². The second kappa shape index (κ2) is 10.2. The standard InChI is InChI=1S/C32H36/c1-5-24-8-12-27(13-9-24)23(4)20-32(31-19-17-29-16-18-30(29)22-31)21-26(7-3)28-14-10-25(6-2)11-15-28/h5-6,8-15,17,19,22-23,26,32H,1-2,7,16,18,20-21H2,3-4H3. The Labute approximate surface area is 194 Å². The van der Waals surface area contributed by atoms with Gasteiger partial charge in [-0.25, -0.2) is 0 Å². The van der Waals surface area contributed by atoms with Gasteiger partial charge in [-0.05, 0) is 88.8 Å². The summed E-state index contributed by atoms with van der Waals surface area (Å²) in [5, 5.41) is 0. The Balaban J connectivity index is 1.59. The molecule has 4 rings (SSSR count). The minimum Gasteiger partial charge on any atom is -0.0985 e. The second-order valence-corrected chi connectivity index (χ2v) is 9.44. The van der Waals surface area contributed by atoms with Crippen LogP contribution in [0.1, 0.15) is 89.8 Å². The summed E-state index contributed by atoms with van der Waals surface area (Å²) in [5.74, 6) is 1.64. The summed E-state index contributed by atoms with van der Waals surface area (Å²) in [6.07, 6.45) is 9.87. The Kier molecular flexibility index (Phi) is 7.10. The quantitative estimate of drug-likeness (QED) is 0.307. The fourth-order valence-corrected chi connectivity index (χ4v) is 5.15. The summed E-state index contributed by atoms with van der Waals surface area (Å²) >= 11 is 0. The van der Waals surface area contributed by atoms with Gasteiger partial charge in [0.2, 0.25) is 0 Å². The monoisotopic (exact) mass is 420 g/mol. The van der Waals surface area contributed by atoms with E-state index in [0.717, 1.165) is 6.42 Å². The van der Waals surface area contributed by atoms with Gasteiger partial charge in [0.15, 0.2) is 0 Å². The first-order valence-corrected chi connectivity index (χ1v) is 12.2. The van der Waals surface area contributed by atoms with Crippen molar-refractivity contribution in [2.75, 3.05) is 0 Å². The Hall–Kier alpha value is -2.86. The van der Waals surface area contributed by atoms with Crippen molar-refractivity contribution in [1.29, 1.82) is 0 Å². The molecule has 0 amide bonds. The normalized spacial score (nSPS) is 15.2. The summed E-state index contributed by atoms with van der Waals surface area (Å²) in [6.45, 7) is 12.5. The van der Waals surface area contributed by atoms with Gasteiger partial charge in [0.1, 0.15) is 0 Å². The average molecular weight is 421 g/mol. The number of aryl methyl sites for hydroxylation is 2. The Morgan fingerprint density at radius 2 is 1.25 bits per heavy atom. The molecule has 0 bridgehead atoms. The van der Waals surface area contributed by atoms with E-state index in [4.69, 9.17) is 0 Å². The summed E-state index contributed by atoms with van der Waals surface area (Å²) in [6, 6.07) is 25.2. The number of hydrogen-bond donors (Lipinski definition) is 0. The van der Waals surface area contributed by atoms with Crippen molar-refractivity contribution in [2.45, 2.75) is 63.7 Å². The van der Waals surface area contributed by atoms with Gasteiger partial charge < -0.3 is 0 Å². The molecule has 0 radical (unpaired) electrons. The van der Waals surface area contributed by atoms with Gasteiger partial charge in [0, 0.05) is 0 Å². The van der Waals surface area contributed by atoms with Crippen LogP contribution in [0.5, 0.6) is 0 Å². The zero-order chi connectivity index (χ0) is 22.5. The number of fused-ring (bicyclic) bond motifs is 1. The summed E-state index contributed by atoms with van der Waals surface area (Å²) in [5.41, 5.74) is 9.90. The highest BCUT2D eigenvalue weighted by molar-refractivity contribution is 5.48. The highest BCUT2D eigenvalue weighted by Gasteiger charge is 2.23. The van der Waals surface area contributed by atoms with E-state index < -0.39 is 0 Å². The van der Waals surface area contributed by atoms with Gasteiger partial charge >= 0.3 is 0 Å². The van der Waals surface area contributed by atoms with Gasteiger partial charge in [-0.2, -0.15) is 0 Å². The molecule has 0 fully saturated rings. The number of rotatable bonds is 10. The molecule has 0 heteroatoms. The largest absolute Gasteiger partial charge is 0.0985 e. The molecule has 0 N–H and O–H groups in total. The summed E-state index contributed by atoms with van der Waals surface area (Å²) in [4.78, 5) is 0. The van der Waals surface area contributed by atoms with Crippen molar-refractivity contribution in [3.8, 4) is 0 Å². The van der Waals surface area contributed by atoms with E-state index in [-0.39, 0.29) is 0 Å². The van der Waals surface area contributed by atoms with Crippen molar-refractivity contribution in [1.82, 2.24) is 0 Å². The highest BCUT2D eigenvalue weighted by Crippen LogP contribution is 2.40. The third-order valence-electron chi connectivity index (χ3n) is 7.45. The molecule has 3 unspecified atom stereocenters. The zero-order valence-corrected chi connectivity index (χ0v) is 19.7. The van der Waals surface area contributed by atoms with Crippen LogP contribution in [0.15, 0.2) is 79.9 Å². The second-order valence-electron chi connectivity index (χ2n) is 9.44. The molecule has 1 aliphatic rings. The Morgan fingerprint density at radius 1 is 0.688 bits per heavy atom. The molecule has 0 aliphatic heterocycles. The van der Waals surface area contributed by atoms with Crippen LogP contribution in [0, 0.1) is 0 Å². The molecule has 0 nitrogen and oxygen atoms in total. The lowest BCUT2D eigenvalue weighted by Crippen LogP contribution is -2.13. The predicted octanol–water partition coefficient (Wildman–Crippen LogP) is 8.93. The Bertz CT molecular complexity index is 1050. The molecule has 3 aromatic rings. The third-order valence-corrected chi connectivity index (χ3v) is 7.45. The molecular formula is C32H36. The molecule has 0 spiro atoms. The molecule has 0 heterocycles. The van der Waals surface area contributed by atoms with E-state index >= 15 is 0 Å². The van der Waals surface area contributed by atoms with Gasteiger partial charge in [0.25, 0.3) is 0 Å². The number of benzene rings is 3. The molecule has 0 saturated carbocycles. The van der Waals surface area contributed by atoms with Crippen LogP contribution >= 0.6 is 0 Å². The maximum Gasteiger partial charge on any atom is -0.0150 e. The molecule has 1 aliphatic carbocycles. The predicted molar refractivity (Wildman–Crippen MR) is 140 cm³/mol. The first kappa shape index (κ1) is 22.3. The van der Waals surface area contributed by atoms with Crippen LogP contribution in [0.2, 0.25) is 0 Å². The van der Waals surface area contributed by atoms with E-state index in [9.17, 15) is 0 Å². The van der Waals surface area contributed by atoms with Crippen LogP contribution in [0.3, 0.4) is 0 Å². The minimum absolute atomic E-state index is 0.519. The fourth-order valence-electron chi connectivity index (χ4n) is 5.15. The van der Waals surface area contributed by atoms with Crippen molar-refractivity contribution in [2.24, 2.45) is 0 Å². The van der Waals surface area contributed by atoms with E-state index in [2.05, 4.69) is 93.7 Å². The van der Waals surface area contributed by atoms with Crippen LogP contribution in [-0.4, -0.2) is 0 Å². The van der Waals surface area contributed by atoms with Crippen LogP contribution in [0.4, 0.5) is 0 Å². The molecular weight excluding hydrogens is 384 g/mol. The van der Waals surface area contributed by atoms with Crippen molar-refractivity contribution < 1.29 is 0 Å². The average Bonchev–Trinajstić information content (AvgIpc) is 2.82. The van der Waals surface area contributed by atoms with Gasteiger partial charge in [-0.15, -0.1) is 0 Å². The summed E-state index contributed by atoms with van der Waals surface area (Å²) in [7, 11) is 0. The molecule has 0 aromatic heterocycles. The maximum atomic E-state index is 3.90. The van der Waals surface area contributed by atoms with Crippen molar-refractivity contribution in [3.63, 3.8) is 0 Å². The van der Waals surface area contributed by atoms with Gasteiger partial charge in [0.05, 0.1) is 0 Å². The Morgan fingerprint density at radius 3 is 1.75 bits per heavy atom. The lowest BCUT2D eigenvalue weighted by molar-refractivity contribution is 0.466. The molecule has 0 saturated heterocycles. The van der Waals surface area contributed by atoms with E-state index in [1.165, 1.54) is 53.5 Å². The molecule has 164 valence electrons. The van der Waals surface area contributed by atoms with Gasteiger partial charge in [-0.1, -0.05) is 106 Å². The minimum atomic E-state index is 0.519. The van der Waals surface area contributed by atoms with E-state index in [1.54, 1.807) is 11.1 Å². The fraction of sp³-hybridized carbons (Fsp3) is 0.312. The summed E-state index contributed by atoms with van der Waals surface area (Å²) < 4.78 is 0. The van der Waals surface area contributed by atoms with Crippen LogP contribution in [-0.2, 0) is 12.8 Å². The zero-order valence-electron chi connectivity index (χ0n) is 19.7. The smallest absolute Gasteiger partial charge is 0.0150 e. The number of hydrogen-bond acceptors (Lipinski definition) is 0. The SMILES string of the molecule is C=Cc1ccc(C(C)CC(CC(CC)c2ccc(C=C)cc2)c2ccc3c(c2)CC3)cc1. The molecule has 32 heavy (non-hydrogen) atoms. The molecule has 3 atom stereocenters. The topological polar surface area (TPSA) is 0 Å². The first-order chi connectivity index (χ1) is 15.6. The molecule has 3 aromatic carbocycles. The lowest BCUT2D eigenvalue weighted by atomic mass is 9.76. The lowest BCUT2D eigenvalue weighted by Gasteiger charge is -2.29. The van der Waals surface area contributed by atoms with E-state index in [0.29, 0.717) is 17.8 Å². The van der Waals surface area contributed by atoms with Crippen molar-refractivity contribution >= 4 is 12.2 Å². The van der Waals surface area contributed by atoms with Crippen LogP contribution < -0.4 is 0 Å². The van der Waals surface area contributed by atoms with Crippen LogP contribution in [0.25, 0.3) is 12.2 Å². The third kappa shape index (κ3) is 4.96. The first-order valence-electron chi connectivity index (χ1n) is 12.2. The van der Waals surface area contributed by atoms with E-state index in [1.807, 2.05) is 12.2 Å². The maximum absolute atomic E-state index is 3.90. The highest BCUT2D eigenvalue weighted by atomic mass is 14.3.